The molecule has 1 heterocycles. The first kappa shape index (κ1) is 14.7. The van der Waals surface area contributed by atoms with Gasteiger partial charge in [-0.15, -0.1) is 10.2 Å². The first-order chi connectivity index (χ1) is 8.18. The smallest absolute Gasteiger partial charge is 0.383 e. The van der Waals surface area contributed by atoms with Crippen molar-refractivity contribution in [1.29, 1.82) is 0 Å². The maximum Gasteiger partial charge on any atom is 0.407 e. The zero-order valence-corrected chi connectivity index (χ0v) is 9.09. The Hall–Kier alpha value is -1.32. The van der Waals surface area contributed by atoms with Gasteiger partial charge in [0.1, 0.15) is 6.33 Å². The van der Waals surface area contributed by atoms with Gasteiger partial charge >= 0.3 is 12.4 Å². The summed E-state index contributed by atoms with van der Waals surface area (Å²) in [7, 11) is 1.27. The molecule has 0 saturated heterocycles. The van der Waals surface area contributed by atoms with Crippen molar-refractivity contribution in [2.75, 3.05) is 13.7 Å². The molecule has 0 spiro atoms. The van der Waals surface area contributed by atoms with Crippen LogP contribution < -0.4 is 0 Å². The number of hydrogen-bond acceptors (Lipinski definition) is 3. The summed E-state index contributed by atoms with van der Waals surface area (Å²) in [4.78, 5) is 0. The molecule has 0 aliphatic carbocycles. The molecule has 1 aromatic rings. The van der Waals surface area contributed by atoms with Crippen molar-refractivity contribution in [3.05, 3.63) is 12.2 Å². The van der Waals surface area contributed by atoms with Crippen LogP contribution in [-0.2, 0) is 11.3 Å². The Kier molecular flexibility index (Phi) is 4.20. The first-order valence-electron chi connectivity index (χ1n) is 4.68. The second-order valence-corrected chi connectivity index (χ2v) is 3.39. The van der Waals surface area contributed by atoms with E-state index in [1.807, 2.05) is 0 Å². The van der Waals surface area contributed by atoms with Gasteiger partial charge in [0.05, 0.1) is 6.61 Å². The van der Waals surface area contributed by atoms with Crippen LogP contribution in [0.25, 0.3) is 0 Å². The molecule has 18 heavy (non-hydrogen) atoms. The van der Waals surface area contributed by atoms with Crippen LogP contribution in [0.15, 0.2) is 6.33 Å². The van der Waals surface area contributed by atoms with E-state index in [9.17, 15) is 26.3 Å². The van der Waals surface area contributed by atoms with E-state index in [1.54, 1.807) is 0 Å². The average Bonchev–Trinajstić information content (AvgIpc) is 2.58. The van der Waals surface area contributed by atoms with Gasteiger partial charge in [-0.1, -0.05) is 0 Å². The van der Waals surface area contributed by atoms with Crippen LogP contribution in [0.5, 0.6) is 0 Å². The highest BCUT2D eigenvalue weighted by atomic mass is 19.4. The second kappa shape index (κ2) is 5.12. The number of alkyl halides is 6. The molecule has 0 unspecified atom stereocenters. The van der Waals surface area contributed by atoms with E-state index < -0.39 is 24.1 Å². The highest BCUT2D eigenvalue weighted by Crippen LogP contribution is 2.45. The molecule has 0 atom stereocenters. The molecule has 0 saturated carbocycles. The Morgan fingerprint density at radius 3 is 2.22 bits per heavy atom. The molecule has 104 valence electrons. The van der Waals surface area contributed by atoms with Gasteiger partial charge in [-0.3, -0.25) is 0 Å². The maximum absolute atomic E-state index is 12.4. The lowest BCUT2D eigenvalue weighted by Gasteiger charge is -2.22. The zero-order valence-electron chi connectivity index (χ0n) is 9.09. The van der Waals surface area contributed by atoms with E-state index in [4.69, 9.17) is 0 Å². The van der Waals surface area contributed by atoms with E-state index in [0.29, 0.717) is 4.57 Å². The minimum Gasteiger partial charge on any atom is -0.383 e. The van der Waals surface area contributed by atoms with E-state index in [-0.39, 0.29) is 13.2 Å². The molecule has 0 bridgehead atoms. The summed E-state index contributed by atoms with van der Waals surface area (Å²) in [6.45, 7) is -0.241. The Balaban J connectivity index is 3.11. The molecule has 0 aromatic carbocycles. The lowest BCUT2D eigenvalue weighted by molar-refractivity contribution is -0.256. The van der Waals surface area contributed by atoms with Gasteiger partial charge in [0, 0.05) is 13.7 Å². The Morgan fingerprint density at radius 2 is 1.78 bits per heavy atom. The number of rotatable bonds is 4. The van der Waals surface area contributed by atoms with Crippen LogP contribution in [0, 0.1) is 0 Å². The van der Waals surface area contributed by atoms with Crippen molar-refractivity contribution >= 4 is 0 Å². The highest BCUT2D eigenvalue weighted by molar-refractivity contribution is 5.04. The van der Waals surface area contributed by atoms with Crippen molar-refractivity contribution in [3.63, 3.8) is 0 Å². The third-order valence-corrected chi connectivity index (χ3v) is 2.09. The molecule has 10 heteroatoms. The number of ether oxygens (including phenoxy) is 1. The van der Waals surface area contributed by atoms with Crippen LogP contribution in [0.3, 0.4) is 0 Å². The van der Waals surface area contributed by atoms with Gasteiger partial charge in [-0.25, -0.2) is 0 Å². The minimum absolute atomic E-state index is 0.0481. The van der Waals surface area contributed by atoms with Gasteiger partial charge < -0.3 is 9.30 Å². The van der Waals surface area contributed by atoms with Crippen molar-refractivity contribution in [1.82, 2.24) is 14.8 Å². The molecule has 0 fully saturated rings. The molecule has 1 aromatic heterocycles. The lowest BCUT2D eigenvalue weighted by Crippen LogP contribution is -2.36. The third kappa shape index (κ3) is 3.34. The maximum atomic E-state index is 12.4. The topological polar surface area (TPSA) is 39.9 Å². The molecular formula is C8H9F6N3O. The number of hydrogen-bond donors (Lipinski definition) is 0. The van der Waals surface area contributed by atoms with Crippen molar-refractivity contribution in [2.45, 2.75) is 24.8 Å². The van der Waals surface area contributed by atoms with E-state index in [1.165, 1.54) is 7.11 Å². The summed E-state index contributed by atoms with van der Waals surface area (Å²) in [6.07, 6.45) is -10.1. The van der Waals surface area contributed by atoms with Crippen molar-refractivity contribution < 1.29 is 31.1 Å². The molecule has 1 rings (SSSR count). The number of halogens is 6. The van der Waals surface area contributed by atoms with Crippen LogP contribution in [-0.4, -0.2) is 40.8 Å². The summed E-state index contributed by atoms with van der Waals surface area (Å²) in [6, 6.07) is 0. The molecule has 0 aliphatic rings. The molecule has 4 nitrogen and oxygen atoms in total. The summed E-state index contributed by atoms with van der Waals surface area (Å²) in [5.74, 6) is -4.84. The lowest BCUT2D eigenvalue weighted by atomic mass is 10.1. The Labute approximate surface area is 97.6 Å². The van der Waals surface area contributed by atoms with Crippen LogP contribution in [0.4, 0.5) is 26.3 Å². The highest BCUT2D eigenvalue weighted by Gasteiger charge is 2.59. The van der Waals surface area contributed by atoms with Crippen molar-refractivity contribution in [2.24, 2.45) is 0 Å². The Bertz CT molecular complexity index is 371. The fraction of sp³-hybridized carbons (Fsp3) is 0.750. The van der Waals surface area contributed by atoms with Gasteiger partial charge in [-0.2, -0.15) is 26.3 Å². The number of aromatic nitrogens is 3. The number of methoxy groups -OCH3 is 1. The van der Waals surface area contributed by atoms with Crippen LogP contribution >= 0.6 is 0 Å². The van der Waals surface area contributed by atoms with E-state index in [2.05, 4.69) is 14.9 Å². The average molecular weight is 277 g/mol. The quantitative estimate of drug-likeness (QED) is 0.791. The largest absolute Gasteiger partial charge is 0.407 e. The van der Waals surface area contributed by atoms with Gasteiger partial charge in [-0.05, 0) is 0 Å². The third-order valence-electron chi connectivity index (χ3n) is 2.09. The van der Waals surface area contributed by atoms with E-state index in [0.717, 1.165) is 6.33 Å². The first-order valence-corrected chi connectivity index (χ1v) is 4.68. The standard InChI is InChI=1S/C8H9F6N3O/c1-18-3-2-17-4-15-16-6(17)5(7(9,10)11)8(12,13)14/h4-5H,2-3H2,1H3. The van der Waals surface area contributed by atoms with Gasteiger partial charge in [0.15, 0.2) is 5.82 Å². The summed E-state index contributed by atoms with van der Waals surface area (Å²) >= 11 is 0. The fourth-order valence-electron chi connectivity index (χ4n) is 1.33. The predicted molar refractivity (Wildman–Crippen MR) is 46.7 cm³/mol. The Morgan fingerprint density at radius 1 is 1.22 bits per heavy atom. The molecule has 0 aliphatic heterocycles. The van der Waals surface area contributed by atoms with Gasteiger partial charge in [0.25, 0.3) is 0 Å². The molecule has 0 radical (unpaired) electrons. The fourth-order valence-corrected chi connectivity index (χ4v) is 1.33. The molecule has 0 amide bonds. The van der Waals surface area contributed by atoms with Gasteiger partial charge in [0.2, 0.25) is 5.92 Å². The normalized spacial score (nSPS) is 13.3. The minimum atomic E-state index is -5.48. The molecule has 0 N–H and O–H groups in total. The summed E-state index contributed by atoms with van der Waals surface area (Å²) < 4.78 is 80.0. The van der Waals surface area contributed by atoms with Crippen molar-refractivity contribution in [3.8, 4) is 0 Å². The SMILES string of the molecule is COCCn1cnnc1C(C(F)(F)F)C(F)(F)F. The summed E-state index contributed by atoms with van der Waals surface area (Å²) in [5, 5.41) is 6.00. The second-order valence-electron chi connectivity index (χ2n) is 3.39. The van der Waals surface area contributed by atoms with E-state index >= 15 is 0 Å². The number of nitrogens with zero attached hydrogens (tertiary/aromatic N) is 3. The van der Waals surface area contributed by atoms with Crippen LogP contribution in [0.2, 0.25) is 0 Å². The molecular weight excluding hydrogens is 268 g/mol. The monoisotopic (exact) mass is 277 g/mol. The summed E-state index contributed by atoms with van der Waals surface area (Å²) in [5.41, 5.74) is 0. The van der Waals surface area contributed by atoms with Crippen LogP contribution in [0.1, 0.15) is 11.7 Å². The predicted octanol–water partition coefficient (Wildman–Crippen LogP) is 2.13. The zero-order chi connectivity index (χ0) is 14.0.